The van der Waals surface area contributed by atoms with E-state index in [1.54, 1.807) is 13.8 Å². The molecular weight excluding hydrogens is 400 g/mol. The summed E-state index contributed by atoms with van der Waals surface area (Å²) in [6, 6.07) is 7.36. The first-order valence-electron chi connectivity index (χ1n) is 8.69. The predicted molar refractivity (Wildman–Crippen MR) is 104 cm³/mol. The fourth-order valence-electron chi connectivity index (χ4n) is 2.57. The van der Waals surface area contributed by atoms with Gasteiger partial charge in [-0.25, -0.2) is 4.79 Å². The fourth-order valence-corrected chi connectivity index (χ4v) is 2.57. The second-order valence-corrected chi connectivity index (χ2v) is 6.17. The zero-order valence-electron chi connectivity index (χ0n) is 16.7. The molecule has 0 fully saturated rings. The van der Waals surface area contributed by atoms with Crippen molar-refractivity contribution in [3.63, 3.8) is 0 Å². The van der Waals surface area contributed by atoms with Gasteiger partial charge in [0.05, 0.1) is 22.1 Å². The summed E-state index contributed by atoms with van der Waals surface area (Å²) in [7, 11) is 2.81. The van der Waals surface area contributed by atoms with E-state index in [2.05, 4.69) is 0 Å². The van der Waals surface area contributed by atoms with Crippen LogP contribution in [-0.4, -0.2) is 30.2 Å². The second kappa shape index (κ2) is 9.76. The molecule has 2 atom stereocenters. The van der Waals surface area contributed by atoms with Gasteiger partial charge in [0.1, 0.15) is 11.5 Å². The lowest BCUT2D eigenvalue weighted by Crippen LogP contribution is -2.17. The van der Waals surface area contributed by atoms with E-state index in [9.17, 15) is 25.0 Å². The molecule has 160 valence electrons. The van der Waals surface area contributed by atoms with Gasteiger partial charge in [-0.2, -0.15) is 0 Å². The molecule has 0 aliphatic rings. The molecular formula is C19H20N2O9. The number of hydrogen-bond donors (Lipinski definition) is 0. The fraction of sp³-hybridized carbons (Fsp3) is 0.316. The maximum Gasteiger partial charge on any atom is 0.519 e. The van der Waals surface area contributed by atoms with E-state index in [0.717, 1.165) is 0 Å². The van der Waals surface area contributed by atoms with Gasteiger partial charge in [-0.05, 0) is 26.0 Å². The molecule has 0 aromatic heterocycles. The molecule has 0 N–H and O–H groups in total. The van der Waals surface area contributed by atoms with Crippen molar-refractivity contribution >= 4 is 17.5 Å². The number of carbonyl (C=O) groups is 1. The first kappa shape index (κ1) is 22.7. The third-order valence-corrected chi connectivity index (χ3v) is 4.38. The summed E-state index contributed by atoms with van der Waals surface area (Å²) in [4.78, 5) is 33.2. The molecule has 0 radical (unpaired) electrons. The lowest BCUT2D eigenvalue weighted by atomic mass is 10.1. The van der Waals surface area contributed by atoms with Crippen molar-refractivity contribution in [2.24, 2.45) is 0 Å². The quantitative estimate of drug-likeness (QED) is 0.261. The minimum atomic E-state index is -1.13. The van der Waals surface area contributed by atoms with Gasteiger partial charge in [-0.3, -0.25) is 20.2 Å². The molecule has 0 saturated heterocycles. The molecule has 0 saturated carbocycles. The number of rotatable bonds is 8. The molecule has 0 bridgehead atoms. The number of nitro benzene ring substituents is 2. The highest BCUT2D eigenvalue weighted by Gasteiger charge is 2.22. The Morgan fingerprint density at radius 3 is 1.47 bits per heavy atom. The summed E-state index contributed by atoms with van der Waals surface area (Å²) in [6.45, 7) is 3.26. The normalized spacial score (nSPS) is 12.7. The van der Waals surface area contributed by atoms with E-state index in [4.69, 9.17) is 18.9 Å². The maximum absolute atomic E-state index is 12.4. The van der Waals surface area contributed by atoms with Gasteiger partial charge in [0.15, 0.2) is 0 Å². The molecule has 11 heteroatoms. The lowest BCUT2D eigenvalue weighted by Gasteiger charge is -2.16. The Morgan fingerprint density at radius 1 is 0.800 bits per heavy atom. The number of nitrogens with zero attached hydrogens (tertiary/aromatic N) is 2. The Balaban J connectivity index is 2.31. The summed E-state index contributed by atoms with van der Waals surface area (Å²) in [5.74, 6) is 0.0337. The zero-order chi connectivity index (χ0) is 22.4. The molecule has 2 aromatic rings. The van der Waals surface area contributed by atoms with Crippen molar-refractivity contribution < 1.29 is 33.6 Å². The molecule has 11 nitrogen and oxygen atoms in total. The number of methoxy groups -OCH3 is 2. The average Bonchev–Trinajstić information content (AvgIpc) is 2.72. The maximum atomic E-state index is 12.4. The van der Waals surface area contributed by atoms with E-state index in [0.29, 0.717) is 0 Å². The molecule has 0 aliphatic heterocycles. The molecule has 2 aromatic carbocycles. The number of ether oxygens (including phenoxy) is 4. The SMILES string of the molecule is COC(C)c1cc([N+](=O)[O-])ccc1OC(=O)Oc1ccc([N+](=O)[O-])cc1C(C)OC. The number of carbonyl (C=O) groups excluding carboxylic acids is 1. The van der Waals surface area contributed by atoms with Crippen molar-refractivity contribution in [1.82, 2.24) is 0 Å². The average molecular weight is 420 g/mol. The Hall–Kier alpha value is -3.57. The van der Waals surface area contributed by atoms with Crippen LogP contribution in [0.15, 0.2) is 36.4 Å². The first-order valence-corrected chi connectivity index (χ1v) is 8.69. The Bertz CT molecular complexity index is 886. The predicted octanol–water partition coefficient (Wildman–Crippen LogP) is 4.50. The highest BCUT2D eigenvalue weighted by molar-refractivity contribution is 5.69. The van der Waals surface area contributed by atoms with Crippen molar-refractivity contribution in [3.05, 3.63) is 67.8 Å². The number of non-ortho nitro benzene ring substituents is 2. The van der Waals surface area contributed by atoms with E-state index >= 15 is 0 Å². The topological polar surface area (TPSA) is 140 Å². The minimum Gasteiger partial charge on any atom is -0.394 e. The van der Waals surface area contributed by atoms with Crippen LogP contribution in [0.25, 0.3) is 0 Å². The van der Waals surface area contributed by atoms with Crippen LogP contribution >= 0.6 is 0 Å². The van der Waals surface area contributed by atoms with Gasteiger partial charge < -0.3 is 18.9 Å². The minimum absolute atomic E-state index is 0.0169. The van der Waals surface area contributed by atoms with Crippen LogP contribution in [0.2, 0.25) is 0 Å². The summed E-state index contributed by atoms with van der Waals surface area (Å²) < 4.78 is 20.8. The van der Waals surface area contributed by atoms with Crippen LogP contribution < -0.4 is 9.47 Å². The van der Waals surface area contributed by atoms with Crippen molar-refractivity contribution in [2.75, 3.05) is 14.2 Å². The summed E-state index contributed by atoms with van der Waals surface area (Å²) in [6.07, 6.45) is -2.33. The third kappa shape index (κ3) is 5.27. The van der Waals surface area contributed by atoms with E-state index in [1.165, 1.54) is 50.6 Å². The molecule has 30 heavy (non-hydrogen) atoms. The molecule has 2 rings (SSSR count). The van der Waals surface area contributed by atoms with Crippen LogP contribution in [0.4, 0.5) is 16.2 Å². The van der Waals surface area contributed by atoms with Crippen LogP contribution in [0.5, 0.6) is 11.5 Å². The lowest BCUT2D eigenvalue weighted by molar-refractivity contribution is -0.385. The molecule has 2 unspecified atom stereocenters. The number of nitro groups is 2. The number of hydrogen-bond acceptors (Lipinski definition) is 9. The Kier molecular flexibility index (Phi) is 7.39. The number of benzene rings is 2. The first-order chi connectivity index (χ1) is 14.2. The summed E-state index contributed by atoms with van der Waals surface area (Å²) in [5.41, 5.74) is 0.165. The van der Waals surface area contributed by atoms with Crippen LogP contribution in [0, 0.1) is 20.2 Å². The van der Waals surface area contributed by atoms with Crippen molar-refractivity contribution in [3.8, 4) is 11.5 Å². The Morgan fingerprint density at radius 2 is 1.17 bits per heavy atom. The van der Waals surface area contributed by atoms with Crippen LogP contribution in [0.3, 0.4) is 0 Å². The monoisotopic (exact) mass is 420 g/mol. The standard InChI is InChI=1S/C19H20N2O9/c1-11(27-3)15-9-13(20(23)24)5-7-17(15)29-19(22)30-18-8-6-14(21(25)26)10-16(18)12(2)28-4/h5-12H,1-4H3. The largest absolute Gasteiger partial charge is 0.519 e. The zero-order valence-corrected chi connectivity index (χ0v) is 16.7. The van der Waals surface area contributed by atoms with E-state index < -0.39 is 28.2 Å². The highest BCUT2D eigenvalue weighted by Crippen LogP contribution is 2.33. The van der Waals surface area contributed by atoms with Crippen molar-refractivity contribution in [1.29, 1.82) is 0 Å². The van der Waals surface area contributed by atoms with E-state index in [1.807, 2.05) is 0 Å². The third-order valence-electron chi connectivity index (χ3n) is 4.38. The van der Waals surface area contributed by atoms with Gasteiger partial charge >= 0.3 is 6.16 Å². The smallest absolute Gasteiger partial charge is 0.394 e. The molecule has 0 amide bonds. The highest BCUT2D eigenvalue weighted by atomic mass is 16.7. The van der Waals surface area contributed by atoms with Crippen LogP contribution in [-0.2, 0) is 9.47 Å². The van der Waals surface area contributed by atoms with Gasteiger partial charge in [0.25, 0.3) is 11.4 Å². The summed E-state index contributed by atoms with van der Waals surface area (Å²) in [5, 5.41) is 22.0. The molecule has 0 aliphatic carbocycles. The van der Waals surface area contributed by atoms with E-state index in [-0.39, 0.29) is 34.0 Å². The second-order valence-electron chi connectivity index (χ2n) is 6.17. The molecule has 0 heterocycles. The van der Waals surface area contributed by atoms with Gasteiger partial charge in [0, 0.05) is 49.6 Å². The van der Waals surface area contributed by atoms with Gasteiger partial charge in [-0.1, -0.05) is 0 Å². The van der Waals surface area contributed by atoms with Gasteiger partial charge in [-0.15, -0.1) is 0 Å². The summed E-state index contributed by atoms with van der Waals surface area (Å²) >= 11 is 0. The Labute approximate surface area is 171 Å². The van der Waals surface area contributed by atoms with Gasteiger partial charge in [0.2, 0.25) is 0 Å². The molecule has 0 spiro atoms. The van der Waals surface area contributed by atoms with Crippen LogP contribution in [0.1, 0.15) is 37.2 Å². The van der Waals surface area contributed by atoms with Crippen molar-refractivity contribution in [2.45, 2.75) is 26.1 Å².